The Kier molecular flexibility index (Phi) is 2.96. The Morgan fingerprint density at radius 2 is 2.00 bits per heavy atom. The molecule has 1 aromatic carbocycles. The zero-order chi connectivity index (χ0) is 13.4. The normalized spacial score (nSPS) is 29.4. The van der Waals surface area contributed by atoms with E-state index in [2.05, 4.69) is 0 Å². The lowest BCUT2D eigenvalue weighted by atomic mass is 9.70. The molecule has 1 aromatic rings. The Balaban J connectivity index is 2.50. The molecule has 2 atom stereocenters. The summed E-state index contributed by atoms with van der Waals surface area (Å²) in [5, 5.41) is 20.1. The number of nitrogens with zero attached hydrogens (tertiary/aromatic N) is 1. The monoisotopic (exact) mass is 265 g/mol. The van der Waals surface area contributed by atoms with Crippen LogP contribution in [-0.4, -0.2) is 25.0 Å². The Hall–Kier alpha value is -1.38. The van der Waals surface area contributed by atoms with Crippen molar-refractivity contribution in [2.45, 2.75) is 18.9 Å². The number of hydrogen-bond acceptors (Lipinski definition) is 4. The number of aliphatic hydroxyl groups is 1. The molecule has 2 unspecified atom stereocenters. The number of sulfone groups is 1. The fourth-order valence-electron chi connectivity index (χ4n) is 2.47. The van der Waals surface area contributed by atoms with Gasteiger partial charge in [0.25, 0.3) is 0 Å². The van der Waals surface area contributed by atoms with Crippen LogP contribution < -0.4 is 0 Å². The Morgan fingerprint density at radius 1 is 1.39 bits per heavy atom. The van der Waals surface area contributed by atoms with Crippen molar-refractivity contribution in [3.05, 3.63) is 35.9 Å². The van der Waals surface area contributed by atoms with Gasteiger partial charge in [0.05, 0.1) is 17.6 Å². The van der Waals surface area contributed by atoms with Gasteiger partial charge in [-0.15, -0.1) is 0 Å². The molecule has 96 valence electrons. The van der Waals surface area contributed by atoms with E-state index in [9.17, 15) is 18.8 Å². The summed E-state index contributed by atoms with van der Waals surface area (Å²) in [4.78, 5) is 0. The minimum atomic E-state index is -3.24. The van der Waals surface area contributed by atoms with Crippen molar-refractivity contribution in [2.24, 2.45) is 5.41 Å². The first-order chi connectivity index (χ1) is 8.33. The van der Waals surface area contributed by atoms with Crippen LogP contribution in [0.15, 0.2) is 30.3 Å². The highest BCUT2D eigenvalue weighted by Crippen LogP contribution is 2.46. The van der Waals surface area contributed by atoms with Gasteiger partial charge in [-0.1, -0.05) is 30.3 Å². The van der Waals surface area contributed by atoms with Gasteiger partial charge >= 0.3 is 0 Å². The van der Waals surface area contributed by atoms with Crippen molar-refractivity contribution in [2.75, 3.05) is 11.5 Å². The van der Waals surface area contributed by atoms with Crippen LogP contribution in [0.4, 0.5) is 0 Å². The lowest BCUT2D eigenvalue weighted by Crippen LogP contribution is -2.43. The predicted molar refractivity (Wildman–Crippen MR) is 67.3 cm³/mol. The average Bonchev–Trinajstić information content (AvgIpc) is 2.68. The molecule has 0 bridgehead atoms. The summed E-state index contributed by atoms with van der Waals surface area (Å²) >= 11 is 0. The van der Waals surface area contributed by atoms with E-state index in [0.29, 0.717) is 5.56 Å². The highest BCUT2D eigenvalue weighted by atomic mass is 32.2. The first-order valence-electron chi connectivity index (χ1n) is 5.73. The number of rotatable bonds is 2. The summed E-state index contributed by atoms with van der Waals surface area (Å²) in [6, 6.07) is 10.8. The topological polar surface area (TPSA) is 78.2 Å². The van der Waals surface area contributed by atoms with Crippen LogP contribution in [0.2, 0.25) is 0 Å². The lowest BCUT2D eigenvalue weighted by Gasteiger charge is -2.36. The van der Waals surface area contributed by atoms with Crippen molar-refractivity contribution in [1.82, 2.24) is 0 Å². The Bertz CT molecular complexity index is 586. The summed E-state index contributed by atoms with van der Waals surface area (Å²) < 4.78 is 23.2. The van der Waals surface area contributed by atoms with Gasteiger partial charge in [0.15, 0.2) is 9.84 Å². The molecule has 0 spiro atoms. The van der Waals surface area contributed by atoms with Gasteiger partial charge in [-0.3, -0.25) is 0 Å². The van der Waals surface area contributed by atoms with Gasteiger partial charge in [0.1, 0.15) is 11.0 Å². The van der Waals surface area contributed by atoms with Gasteiger partial charge in [-0.05, 0) is 18.9 Å². The maximum atomic E-state index is 11.6. The fraction of sp³-hybridized carbons (Fsp3) is 0.462. The highest BCUT2D eigenvalue weighted by molar-refractivity contribution is 7.91. The predicted octanol–water partition coefficient (Wildman–Crippen LogP) is 1.22. The molecule has 5 heteroatoms. The molecular formula is C13H15NO3S. The third kappa shape index (κ3) is 1.92. The van der Waals surface area contributed by atoms with E-state index in [1.807, 2.05) is 12.1 Å². The quantitative estimate of drug-likeness (QED) is 0.872. The summed E-state index contributed by atoms with van der Waals surface area (Å²) in [6.45, 7) is 1.52. The van der Waals surface area contributed by atoms with Crippen molar-refractivity contribution >= 4 is 9.84 Å². The van der Waals surface area contributed by atoms with Crippen molar-refractivity contribution in [1.29, 1.82) is 5.26 Å². The summed E-state index contributed by atoms with van der Waals surface area (Å²) in [6.07, 6.45) is 0.174. The Labute approximate surface area is 107 Å². The van der Waals surface area contributed by atoms with E-state index < -0.39 is 20.9 Å². The molecule has 0 saturated carbocycles. The maximum absolute atomic E-state index is 11.6. The van der Waals surface area contributed by atoms with Crippen LogP contribution in [0.1, 0.15) is 18.9 Å². The molecule has 0 aliphatic carbocycles. The van der Waals surface area contributed by atoms with Gasteiger partial charge < -0.3 is 5.11 Å². The molecule has 1 aliphatic rings. The molecule has 1 aliphatic heterocycles. The van der Waals surface area contributed by atoms with Crippen LogP contribution in [0, 0.1) is 16.7 Å². The number of hydrogen-bond donors (Lipinski definition) is 1. The van der Waals surface area contributed by atoms with E-state index in [1.165, 1.54) is 6.92 Å². The second-order valence-electron chi connectivity index (χ2n) is 4.97. The second-order valence-corrected chi connectivity index (χ2v) is 7.16. The maximum Gasteiger partial charge on any atom is 0.152 e. The Morgan fingerprint density at radius 3 is 2.44 bits per heavy atom. The zero-order valence-electron chi connectivity index (χ0n) is 10.1. The van der Waals surface area contributed by atoms with E-state index >= 15 is 0 Å². The number of benzene rings is 1. The van der Waals surface area contributed by atoms with E-state index in [-0.39, 0.29) is 17.9 Å². The first-order valence-corrected chi connectivity index (χ1v) is 7.55. The molecule has 2 rings (SSSR count). The van der Waals surface area contributed by atoms with Crippen LogP contribution in [0.3, 0.4) is 0 Å². The van der Waals surface area contributed by atoms with Crippen molar-refractivity contribution < 1.29 is 13.5 Å². The summed E-state index contributed by atoms with van der Waals surface area (Å²) in [5.74, 6) is -0.318. The largest absolute Gasteiger partial charge is 0.384 e. The van der Waals surface area contributed by atoms with Gasteiger partial charge in [0.2, 0.25) is 0 Å². The van der Waals surface area contributed by atoms with Gasteiger partial charge in [-0.25, -0.2) is 8.42 Å². The molecule has 0 aromatic heterocycles. The average molecular weight is 265 g/mol. The molecule has 1 N–H and O–H groups in total. The van der Waals surface area contributed by atoms with E-state index in [1.54, 1.807) is 24.3 Å². The van der Waals surface area contributed by atoms with Crippen molar-refractivity contribution in [3.8, 4) is 6.07 Å². The fourth-order valence-corrected chi connectivity index (χ4v) is 4.51. The van der Waals surface area contributed by atoms with E-state index in [4.69, 9.17) is 0 Å². The van der Waals surface area contributed by atoms with Crippen LogP contribution in [-0.2, 0) is 15.4 Å². The standard InChI is InChI=1S/C13H15NO3S/c1-12(15,11-5-3-2-4-6-11)13(9-14)7-8-18(16,17)10-13/h2-6,15H,7-8,10H2,1H3. The summed E-state index contributed by atoms with van der Waals surface area (Å²) in [7, 11) is -3.24. The van der Waals surface area contributed by atoms with Gasteiger partial charge in [-0.2, -0.15) is 5.26 Å². The molecule has 1 heterocycles. The minimum absolute atomic E-state index is 0.0382. The summed E-state index contributed by atoms with van der Waals surface area (Å²) in [5.41, 5.74) is -2.15. The smallest absolute Gasteiger partial charge is 0.152 e. The van der Waals surface area contributed by atoms with Crippen molar-refractivity contribution in [3.63, 3.8) is 0 Å². The molecular weight excluding hydrogens is 250 g/mol. The SMILES string of the molecule is CC(O)(c1ccccc1)C1(C#N)CCS(=O)(=O)C1. The highest BCUT2D eigenvalue weighted by Gasteiger charge is 2.55. The molecule has 18 heavy (non-hydrogen) atoms. The number of nitriles is 1. The minimum Gasteiger partial charge on any atom is -0.384 e. The molecule has 1 saturated heterocycles. The third-order valence-electron chi connectivity index (χ3n) is 3.79. The van der Waals surface area contributed by atoms with Crippen LogP contribution in [0.25, 0.3) is 0 Å². The van der Waals surface area contributed by atoms with Crippen LogP contribution in [0.5, 0.6) is 0 Å². The second kappa shape index (κ2) is 4.08. The zero-order valence-corrected chi connectivity index (χ0v) is 10.9. The lowest BCUT2D eigenvalue weighted by molar-refractivity contribution is -0.0323. The molecule has 0 radical (unpaired) electrons. The molecule has 1 fully saturated rings. The van der Waals surface area contributed by atoms with Crippen LogP contribution >= 0.6 is 0 Å². The van der Waals surface area contributed by atoms with E-state index in [0.717, 1.165) is 0 Å². The molecule has 0 amide bonds. The first kappa shape index (κ1) is 13.1. The van der Waals surface area contributed by atoms with Gasteiger partial charge in [0, 0.05) is 0 Å². The molecule has 4 nitrogen and oxygen atoms in total. The third-order valence-corrected chi connectivity index (χ3v) is 5.55.